The zero-order chi connectivity index (χ0) is 14.6. The molecule has 0 fully saturated rings. The molecule has 1 nitrogen and oxygen atoms in total. The van der Waals surface area contributed by atoms with Gasteiger partial charge in [0.05, 0.1) is 0 Å². The third-order valence-electron chi connectivity index (χ3n) is 3.48. The van der Waals surface area contributed by atoms with Crippen LogP contribution in [0.4, 0.5) is 0 Å². The van der Waals surface area contributed by atoms with Crippen LogP contribution in [0.15, 0.2) is 60.7 Å². The van der Waals surface area contributed by atoms with Crippen molar-refractivity contribution < 1.29 is 0 Å². The van der Waals surface area contributed by atoms with Gasteiger partial charge in [-0.15, -0.1) is 0 Å². The largest absolute Gasteiger partial charge is 0.309 e. The second-order valence-electron chi connectivity index (χ2n) is 6.48. The molecule has 20 heavy (non-hydrogen) atoms. The van der Waals surface area contributed by atoms with E-state index in [4.69, 9.17) is 0 Å². The fourth-order valence-corrected chi connectivity index (χ4v) is 2.86. The summed E-state index contributed by atoms with van der Waals surface area (Å²) in [4.78, 5) is 0. The number of rotatable bonds is 4. The van der Waals surface area contributed by atoms with Crippen LogP contribution in [0.5, 0.6) is 0 Å². The molecule has 0 aromatic heterocycles. The summed E-state index contributed by atoms with van der Waals surface area (Å²) in [6.45, 7) is 8.93. The molecule has 0 saturated carbocycles. The van der Waals surface area contributed by atoms with Crippen LogP contribution >= 0.6 is 0 Å². The number of nitrogens with one attached hydrogen (secondary N) is 1. The van der Waals surface area contributed by atoms with Crippen LogP contribution in [-0.4, -0.2) is 11.6 Å². The average Bonchev–Trinajstić information content (AvgIpc) is 2.39. The summed E-state index contributed by atoms with van der Waals surface area (Å²) in [5.41, 5.74) is 2.84. The van der Waals surface area contributed by atoms with Crippen molar-refractivity contribution in [3.8, 4) is 0 Å². The van der Waals surface area contributed by atoms with Crippen molar-refractivity contribution in [2.75, 3.05) is 0 Å². The molecule has 0 heterocycles. The van der Waals surface area contributed by atoms with Crippen molar-refractivity contribution in [1.29, 1.82) is 0 Å². The highest BCUT2D eigenvalue weighted by molar-refractivity contribution is 5.34. The second kappa shape index (κ2) is 6.23. The van der Waals surface area contributed by atoms with E-state index in [9.17, 15) is 0 Å². The monoisotopic (exact) mass is 267 g/mol. The van der Waals surface area contributed by atoms with E-state index in [0.717, 1.165) is 0 Å². The summed E-state index contributed by atoms with van der Waals surface area (Å²) in [5.74, 6) is 0.372. The lowest BCUT2D eigenvalue weighted by Crippen LogP contribution is -2.45. The molecule has 106 valence electrons. The number of benzene rings is 2. The van der Waals surface area contributed by atoms with Gasteiger partial charge in [-0.1, -0.05) is 60.7 Å². The van der Waals surface area contributed by atoms with Crippen molar-refractivity contribution in [3.05, 3.63) is 71.8 Å². The lowest BCUT2D eigenvalue weighted by Gasteiger charge is -2.32. The van der Waals surface area contributed by atoms with Gasteiger partial charge in [-0.25, -0.2) is 0 Å². The topological polar surface area (TPSA) is 12.0 Å². The molecule has 0 aliphatic carbocycles. The molecule has 0 saturated heterocycles. The van der Waals surface area contributed by atoms with E-state index in [1.165, 1.54) is 11.1 Å². The average molecular weight is 267 g/mol. The maximum Gasteiger partial charge on any atom is 0.0240 e. The molecule has 1 N–H and O–H groups in total. The predicted octanol–water partition coefficient (Wildman–Crippen LogP) is 4.60. The fourth-order valence-electron chi connectivity index (χ4n) is 2.86. The Morgan fingerprint density at radius 1 is 0.750 bits per heavy atom. The Kier molecular flexibility index (Phi) is 4.61. The van der Waals surface area contributed by atoms with E-state index >= 15 is 0 Å². The van der Waals surface area contributed by atoms with Crippen molar-refractivity contribution in [2.24, 2.45) is 0 Å². The highest BCUT2D eigenvalue weighted by Gasteiger charge is 2.24. The van der Waals surface area contributed by atoms with Gasteiger partial charge >= 0.3 is 0 Å². The minimum atomic E-state index is 0.112. The van der Waals surface area contributed by atoms with Crippen LogP contribution in [0.25, 0.3) is 0 Å². The summed E-state index contributed by atoms with van der Waals surface area (Å²) < 4.78 is 0. The predicted molar refractivity (Wildman–Crippen MR) is 87.1 cm³/mol. The lowest BCUT2D eigenvalue weighted by atomic mass is 9.85. The van der Waals surface area contributed by atoms with Crippen molar-refractivity contribution in [3.63, 3.8) is 0 Å². The lowest BCUT2D eigenvalue weighted by molar-refractivity contribution is 0.353. The minimum absolute atomic E-state index is 0.112. The normalized spacial score (nSPS) is 13.4. The van der Waals surface area contributed by atoms with Crippen LogP contribution in [0.1, 0.15) is 44.7 Å². The summed E-state index contributed by atoms with van der Waals surface area (Å²) in [6, 6.07) is 21.9. The molecule has 1 heteroatoms. The quantitative estimate of drug-likeness (QED) is 0.854. The van der Waals surface area contributed by atoms with Crippen LogP contribution in [0.3, 0.4) is 0 Å². The molecule has 2 rings (SSSR count). The second-order valence-corrected chi connectivity index (χ2v) is 6.48. The van der Waals surface area contributed by atoms with Crippen molar-refractivity contribution >= 4 is 0 Å². The Labute approximate surface area is 123 Å². The van der Waals surface area contributed by atoms with Gasteiger partial charge in [-0.2, -0.15) is 0 Å². The molecule has 0 aliphatic rings. The van der Waals surface area contributed by atoms with Crippen LogP contribution in [0.2, 0.25) is 0 Å². The first-order valence-electron chi connectivity index (χ1n) is 7.35. The van der Waals surface area contributed by atoms with Gasteiger partial charge in [-0.3, -0.25) is 0 Å². The van der Waals surface area contributed by atoms with Gasteiger partial charge < -0.3 is 5.32 Å². The summed E-state index contributed by atoms with van der Waals surface area (Å²) >= 11 is 0. The van der Waals surface area contributed by atoms with Crippen molar-refractivity contribution in [1.82, 2.24) is 5.32 Å². The van der Waals surface area contributed by atoms with Gasteiger partial charge in [0.15, 0.2) is 0 Å². The first-order chi connectivity index (χ1) is 9.47. The molecule has 1 unspecified atom stereocenters. The third kappa shape index (κ3) is 3.94. The number of hydrogen-bond donors (Lipinski definition) is 1. The standard InChI is InChI=1S/C19H25N/c1-15(20-19(2,3)4)18(16-11-7-5-8-12-16)17-13-9-6-10-14-17/h5-15,18,20H,1-4H3. The summed E-state index contributed by atoms with van der Waals surface area (Å²) in [5, 5.41) is 3.72. The zero-order valence-corrected chi connectivity index (χ0v) is 12.9. The smallest absolute Gasteiger partial charge is 0.0240 e. The first-order valence-corrected chi connectivity index (χ1v) is 7.35. The molecule has 2 aromatic carbocycles. The minimum Gasteiger partial charge on any atom is -0.309 e. The van der Waals surface area contributed by atoms with Gasteiger partial charge in [-0.05, 0) is 38.8 Å². The van der Waals surface area contributed by atoms with E-state index in [2.05, 4.69) is 93.7 Å². The number of hydrogen-bond acceptors (Lipinski definition) is 1. The Morgan fingerprint density at radius 2 is 1.15 bits per heavy atom. The molecular weight excluding hydrogens is 242 g/mol. The fraction of sp³-hybridized carbons (Fsp3) is 0.368. The van der Waals surface area contributed by atoms with Gasteiger partial charge in [0.25, 0.3) is 0 Å². The molecule has 0 spiro atoms. The van der Waals surface area contributed by atoms with E-state index in [0.29, 0.717) is 12.0 Å². The van der Waals surface area contributed by atoms with Crippen LogP contribution in [-0.2, 0) is 0 Å². The Hall–Kier alpha value is -1.60. The molecule has 0 aliphatic heterocycles. The first kappa shape index (κ1) is 14.8. The molecule has 0 bridgehead atoms. The van der Waals surface area contributed by atoms with E-state index in [1.807, 2.05) is 0 Å². The third-order valence-corrected chi connectivity index (χ3v) is 3.48. The van der Waals surface area contributed by atoms with Gasteiger partial charge in [0.2, 0.25) is 0 Å². The maximum atomic E-state index is 3.72. The molecule has 0 amide bonds. The molecule has 1 atom stereocenters. The molecule has 0 radical (unpaired) electrons. The van der Waals surface area contributed by atoms with E-state index < -0.39 is 0 Å². The van der Waals surface area contributed by atoms with Gasteiger partial charge in [0, 0.05) is 17.5 Å². The Bertz CT molecular complexity index is 471. The highest BCUT2D eigenvalue weighted by Crippen LogP contribution is 2.28. The maximum absolute atomic E-state index is 3.72. The summed E-state index contributed by atoms with van der Waals surface area (Å²) in [7, 11) is 0. The van der Waals surface area contributed by atoms with E-state index in [1.54, 1.807) is 0 Å². The zero-order valence-electron chi connectivity index (χ0n) is 12.9. The SMILES string of the molecule is CC(NC(C)(C)C)C(c1ccccc1)c1ccccc1. The van der Waals surface area contributed by atoms with E-state index in [-0.39, 0.29) is 5.54 Å². The Balaban J connectivity index is 2.35. The van der Waals surface area contributed by atoms with Crippen molar-refractivity contribution in [2.45, 2.75) is 45.2 Å². The van der Waals surface area contributed by atoms with Crippen LogP contribution in [0, 0.1) is 0 Å². The van der Waals surface area contributed by atoms with Crippen LogP contribution < -0.4 is 5.32 Å². The molecule has 2 aromatic rings. The Morgan fingerprint density at radius 3 is 1.50 bits per heavy atom. The van der Waals surface area contributed by atoms with Gasteiger partial charge in [0.1, 0.15) is 0 Å². The highest BCUT2D eigenvalue weighted by atomic mass is 15.0. The summed E-state index contributed by atoms with van der Waals surface area (Å²) in [6.07, 6.45) is 0. The molecular formula is C19H25N.